The largest absolute Gasteiger partial charge is 0.475 e. The quantitative estimate of drug-likeness (QED) is 0.430. The minimum absolute atomic E-state index is 0.223. The summed E-state index contributed by atoms with van der Waals surface area (Å²) in [5.74, 6) is 1.18. The summed E-state index contributed by atoms with van der Waals surface area (Å²) in [6.45, 7) is 7.70. The summed E-state index contributed by atoms with van der Waals surface area (Å²) in [4.78, 5) is 12.9. The molecule has 188 valence electrons. The number of ether oxygens (including phenoxy) is 3. The maximum absolute atomic E-state index is 13.7. The third-order valence-corrected chi connectivity index (χ3v) is 7.75. The first-order valence-electron chi connectivity index (χ1n) is 11.4. The van der Waals surface area contributed by atoms with E-state index in [4.69, 9.17) is 14.2 Å². The van der Waals surface area contributed by atoms with E-state index in [1.54, 1.807) is 43.3 Å². The van der Waals surface area contributed by atoms with Gasteiger partial charge in [0.1, 0.15) is 24.3 Å². The van der Waals surface area contributed by atoms with Crippen LogP contribution in [0.2, 0.25) is 0 Å². The van der Waals surface area contributed by atoms with Gasteiger partial charge in [-0.1, -0.05) is 0 Å². The van der Waals surface area contributed by atoms with Crippen LogP contribution >= 0.6 is 0 Å². The van der Waals surface area contributed by atoms with E-state index in [2.05, 4.69) is 25.1 Å². The van der Waals surface area contributed by atoms with Crippen molar-refractivity contribution in [2.75, 3.05) is 20.3 Å². The number of pyridine rings is 1. The molecule has 0 aliphatic carbocycles. The molecule has 35 heavy (non-hydrogen) atoms. The van der Waals surface area contributed by atoms with E-state index in [-0.39, 0.29) is 31.1 Å². The number of rotatable bonds is 9. The molecule has 0 bridgehead atoms. The van der Waals surface area contributed by atoms with Crippen molar-refractivity contribution in [3.63, 3.8) is 0 Å². The van der Waals surface area contributed by atoms with E-state index in [9.17, 15) is 8.42 Å². The molecule has 0 saturated heterocycles. The second-order valence-electron chi connectivity index (χ2n) is 8.82. The summed E-state index contributed by atoms with van der Waals surface area (Å²) in [7, 11) is -2.20. The van der Waals surface area contributed by atoms with Crippen molar-refractivity contribution in [1.82, 2.24) is 29.7 Å². The summed E-state index contributed by atoms with van der Waals surface area (Å²) < 4.78 is 46.3. The van der Waals surface area contributed by atoms with E-state index >= 15 is 0 Å². The molecular formula is C23H30N6O5S. The first-order valence-corrected chi connectivity index (χ1v) is 13.1. The van der Waals surface area contributed by atoms with Crippen LogP contribution in [0.4, 0.5) is 0 Å². The zero-order chi connectivity index (χ0) is 25.2. The number of hydrogen-bond acceptors (Lipinski definition) is 10. The Labute approximate surface area is 204 Å². The molecule has 11 nitrogen and oxygen atoms in total. The van der Waals surface area contributed by atoms with Gasteiger partial charge in [-0.2, -0.15) is 0 Å². The van der Waals surface area contributed by atoms with Gasteiger partial charge in [0.15, 0.2) is 21.5 Å². The lowest BCUT2D eigenvalue weighted by Crippen LogP contribution is -2.32. The smallest absolute Gasteiger partial charge is 0.224 e. The highest BCUT2D eigenvalue weighted by Crippen LogP contribution is 2.34. The maximum Gasteiger partial charge on any atom is 0.224 e. The molecule has 3 aromatic rings. The molecule has 0 amide bonds. The Hall–Kier alpha value is -2.96. The second kappa shape index (κ2) is 10.3. The lowest BCUT2D eigenvalue weighted by atomic mass is 10.2. The van der Waals surface area contributed by atoms with Gasteiger partial charge < -0.3 is 18.8 Å². The molecule has 0 saturated carbocycles. The number of hydrogen-bond donors (Lipinski definition) is 0. The minimum atomic E-state index is -3.77. The van der Waals surface area contributed by atoms with E-state index in [1.165, 1.54) is 0 Å². The first kappa shape index (κ1) is 25.1. The molecule has 3 aromatic heterocycles. The van der Waals surface area contributed by atoms with Gasteiger partial charge in [-0.3, -0.25) is 0 Å². The minimum Gasteiger partial charge on any atom is -0.475 e. The zero-order valence-corrected chi connectivity index (χ0v) is 21.3. The van der Waals surface area contributed by atoms with Gasteiger partial charge in [0.2, 0.25) is 5.88 Å². The third-order valence-electron chi connectivity index (χ3n) is 5.71. The van der Waals surface area contributed by atoms with Gasteiger partial charge in [0, 0.05) is 25.7 Å². The summed E-state index contributed by atoms with van der Waals surface area (Å²) in [5, 5.41) is 7.65. The second-order valence-corrected chi connectivity index (χ2v) is 11.2. The number of sulfone groups is 1. The van der Waals surface area contributed by atoms with Crippen molar-refractivity contribution < 1.29 is 22.6 Å². The van der Waals surface area contributed by atoms with Crippen molar-refractivity contribution in [3.8, 4) is 17.3 Å². The fourth-order valence-electron chi connectivity index (χ4n) is 3.95. The van der Waals surface area contributed by atoms with Crippen LogP contribution in [0.15, 0.2) is 30.7 Å². The van der Waals surface area contributed by atoms with Crippen LogP contribution in [0.3, 0.4) is 0 Å². The molecule has 0 fully saturated rings. The van der Waals surface area contributed by atoms with Crippen molar-refractivity contribution in [1.29, 1.82) is 0 Å². The molecule has 12 heteroatoms. The van der Waals surface area contributed by atoms with Crippen LogP contribution in [0, 0.1) is 6.92 Å². The summed E-state index contributed by atoms with van der Waals surface area (Å²) in [5.41, 5.74) is 1.52. The standard InChI is InChI=1S/C23H30N6O5S/c1-14(2)34-20(21-25-9-15(3)10-26-21)16(4)35(30,31)13-19-27-28-22-18-7-6-8-24-23(18)33-12-17(11-32-5)29(19)22/h6-10,14,16-17,20H,11-13H2,1-5H3/t16-,17+,20-/m0/s1. The number of nitrogens with zero attached hydrogens (tertiary/aromatic N) is 6. The Morgan fingerprint density at radius 2 is 1.91 bits per heavy atom. The SMILES string of the molecule is COC[C@@H]1COc2ncccc2-c2nnc(CS(=O)(=O)[C@@H](C)[C@H](OC(C)C)c3ncc(C)cn3)n21. The van der Waals surface area contributed by atoms with Crippen LogP contribution in [-0.4, -0.2) is 69.8 Å². The third kappa shape index (κ3) is 5.34. The van der Waals surface area contributed by atoms with Gasteiger partial charge in [0.25, 0.3) is 0 Å². The van der Waals surface area contributed by atoms with Gasteiger partial charge in [0.05, 0.1) is 29.6 Å². The molecule has 4 heterocycles. The fraction of sp³-hybridized carbons (Fsp3) is 0.522. The zero-order valence-electron chi connectivity index (χ0n) is 20.5. The molecule has 1 aliphatic rings. The lowest BCUT2D eigenvalue weighted by molar-refractivity contribution is 0.00140. The van der Waals surface area contributed by atoms with E-state index in [0.717, 1.165) is 5.56 Å². The van der Waals surface area contributed by atoms with Gasteiger partial charge >= 0.3 is 0 Å². The van der Waals surface area contributed by atoms with Gasteiger partial charge in [-0.25, -0.2) is 23.4 Å². The molecule has 0 spiro atoms. The Bertz CT molecular complexity index is 1260. The van der Waals surface area contributed by atoms with E-state index in [1.807, 2.05) is 26.8 Å². The first-order chi connectivity index (χ1) is 16.7. The average Bonchev–Trinajstić information content (AvgIpc) is 3.15. The highest BCUT2D eigenvalue weighted by atomic mass is 32.2. The molecular weight excluding hydrogens is 472 g/mol. The molecule has 3 atom stereocenters. The summed E-state index contributed by atoms with van der Waals surface area (Å²) >= 11 is 0. The highest BCUT2D eigenvalue weighted by molar-refractivity contribution is 7.91. The monoisotopic (exact) mass is 502 g/mol. The van der Waals surface area contributed by atoms with Crippen LogP contribution in [-0.2, 0) is 25.1 Å². The van der Waals surface area contributed by atoms with Gasteiger partial charge in [-0.15, -0.1) is 10.2 Å². The molecule has 0 aromatic carbocycles. The predicted octanol–water partition coefficient (Wildman–Crippen LogP) is 2.49. The van der Waals surface area contributed by atoms with Crippen LogP contribution < -0.4 is 4.74 Å². The van der Waals surface area contributed by atoms with Crippen LogP contribution in [0.1, 0.15) is 50.1 Å². The Kier molecular flexibility index (Phi) is 7.43. The topological polar surface area (TPSA) is 131 Å². The number of aromatic nitrogens is 6. The molecule has 4 rings (SSSR count). The molecule has 0 N–H and O–H groups in total. The molecule has 0 radical (unpaired) electrons. The Morgan fingerprint density at radius 3 is 2.60 bits per heavy atom. The Balaban J connectivity index is 1.70. The Morgan fingerprint density at radius 1 is 1.17 bits per heavy atom. The van der Waals surface area contributed by atoms with Crippen molar-refractivity contribution >= 4 is 9.84 Å². The number of fused-ring (bicyclic) bond motifs is 3. The summed E-state index contributed by atoms with van der Waals surface area (Å²) in [6.07, 6.45) is 3.87. The summed E-state index contributed by atoms with van der Waals surface area (Å²) in [6, 6.07) is 3.26. The fourth-order valence-corrected chi connectivity index (χ4v) is 5.34. The molecule has 0 unspecified atom stereocenters. The van der Waals surface area contributed by atoms with E-state index in [0.29, 0.717) is 28.9 Å². The van der Waals surface area contributed by atoms with Crippen LogP contribution in [0.25, 0.3) is 11.4 Å². The van der Waals surface area contributed by atoms with Crippen molar-refractivity contribution in [2.45, 2.75) is 56.9 Å². The predicted molar refractivity (Wildman–Crippen MR) is 127 cm³/mol. The number of methoxy groups -OCH3 is 1. The van der Waals surface area contributed by atoms with Crippen LogP contribution in [0.5, 0.6) is 5.88 Å². The molecule has 1 aliphatic heterocycles. The van der Waals surface area contributed by atoms with Crippen molar-refractivity contribution in [2.24, 2.45) is 0 Å². The van der Waals surface area contributed by atoms with Crippen molar-refractivity contribution in [3.05, 3.63) is 47.9 Å². The highest BCUT2D eigenvalue weighted by Gasteiger charge is 2.37. The normalized spacial score (nSPS) is 17.3. The number of aryl methyl sites for hydroxylation is 1. The lowest BCUT2D eigenvalue weighted by Gasteiger charge is -2.25. The average molecular weight is 503 g/mol. The van der Waals surface area contributed by atoms with Gasteiger partial charge in [-0.05, 0) is 45.4 Å². The maximum atomic E-state index is 13.7. The van der Waals surface area contributed by atoms with E-state index < -0.39 is 21.2 Å².